The Morgan fingerprint density at radius 3 is 2.40 bits per heavy atom. The van der Waals surface area contributed by atoms with Crippen LogP contribution in [-0.4, -0.2) is 12.4 Å². The Labute approximate surface area is 119 Å². The third kappa shape index (κ3) is 3.78. The van der Waals surface area contributed by atoms with Gasteiger partial charge >= 0.3 is 6.61 Å². The lowest BCUT2D eigenvalue weighted by atomic mass is 10.0. The maximum Gasteiger partial charge on any atom is 0.387 e. The van der Waals surface area contributed by atoms with Crippen LogP contribution >= 0.6 is 11.6 Å². The number of halogens is 3. The number of alkyl halides is 2. The standard InChI is InChI=1S/C15H11ClF2O2/c16-11-7-5-10(6-8-11)9-13(19)12-3-1-2-4-14(12)20-15(17)18/h1-8,15H,9H2. The van der Waals surface area contributed by atoms with Crippen molar-refractivity contribution in [1.29, 1.82) is 0 Å². The van der Waals surface area contributed by atoms with E-state index in [-0.39, 0.29) is 23.5 Å². The van der Waals surface area contributed by atoms with Crippen molar-refractivity contribution < 1.29 is 18.3 Å². The highest BCUT2D eigenvalue weighted by molar-refractivity contribution is 6.30. The number of ketones is 1. The van der Waals surface area contributed by atoms with Crippen molar-refractivity contribution >= 4 is 17.4 Å². The Kier molecular flexibility index (Phi) is 4.69. The maximum absolute atomic E-state index is 12.3. The molecule has 20 heavy (non-hydrogen) atoms. The molecule has 0 heterocycles. The molecule has 0 unspecified atom stereocenters. The molecule has 2 aromatic carbocycles. The van der Waals surface area contributed by atoms with Gasteiger partial charge in [-0.25, -0.2) is 0 Å². The Bertz CT molecular complexity index is 597. The van der Waals surface area contributed by atoms with Gasteiger partial charge in [-0.1, -0.05) is 35.9 Å². The fourth-order valence-electron chi connectivity index (χ4n) is 1.78. The van der Waals surface area contributed by atoms with Crippen molar-refractivity contribution in [1.82, 2.24) is 0 Å². The highest BCUT2D eigenvalue weighted by atomic mass is 35.5. The van der Waals surface area contributed by atoms with E-state index in [1.54, 1.807) is 30.3 Å². The first-order valence-corrected chi connectivity index (χ1v) is 6.25. The number of rotatable bonds is 5. The SMILES string of the molecule is O=C(Cc1ccc(Cl)cc1)c1ccccc1OC(F)F. The van der Waals surface area contributed by atoms with E-state index in [1.165, 1.54) is 18.2 Å². The van der Waals surface area contributed by atoms with E-state index in [0.29, 0.717) is 5.02 Å². The maximum atomic E-state index is 12.3. The van der Waals surface area contributed by atoms with Gasteiger partial charge in [-0.3, -0.25) is 4.79 Å². The van der Waals surface area contributed by atoms with E-state index in [2.05, 4.69) is 4.74 Å². The van der Waals surface area contributed by atoms with Gasteiger partial charge < -0.3 is 4.74 Å². The molecular weight excluding hydrogens is 286 g/mol. The summed E-state index contributed by atoms with van der Waals surface area (Å²) in [6, 6.07) is 12.7. The lowest BCUT2D eigenvalue weighted by Crippen LogP contribution is -2.09. The predicted molar refractivity (Wildman–Crippen MR) is 72.6 cm³/mol. The third-order valence-electron chi connectivity index (χ3n) is 2.68. The van der Waals surface area contributed by atoms with Crippen LogP contribution in [0.15, 0.2) is 48.5 Å². The lowest BCUT2D eigenvalue weighted by molar-refractivity contribution is -0.0501. The summed E-state index contributed by atoms with van der Waals surface area (Å²) in [5.41, 5.74) is 0.897. The molecule has 0 aliphatic rings. The Balaban J connectivity index is 2.18. The minimum atomic E-state index is -2.96. The first-order valence-electron chi connectivity index (χ1n) is 5.88. The summed E-state index contributed by atoms with van der Waals surface area (Å²) >= 11 is 5.76. The molecule has 2 aromatic rings. The molecule has 0 spiro atoms. The van der Waals surface area contributed by atoms with Gasteiger partial charge in [0.1, 0.15) is 5.75 Å². The van der Waals surface area contributed by atoms with Gasteiger partial charge in [-0.15, -0.1) is 0 Å². The lowest BCUT2D eigenvalue weighted by Gasteiger charge is -2.09. The molecule has 0 N–H and O–H groups in total. The van der Waals surface area contributed by atoms with Gasteiger partial charge in [0.15, 0.2) is 5.78 Å². The molecular formula is C15H11ClF2O2. The van der Waals surface area contributed by atoms with Crippen LogP contribution in [-0.2, 0) is 6.42 Å². The Morgan fingerprint density at radius 1 is 1.10 bits per heavy atom. The minimum Gasteiger partial charge on any atom is -0.434 e. The highest BCUT2D eigenvalue weighted by Gasteiger charge is 2.15. The summed E-state index contributed by atoms with van der Waals surface area (Å²) in [4.78, 5) is 12.1. The molecule has 2 nitrogen and oxygen atoms in total. The van der Waals surface area contributed by atoms with E-state index in [1.807, 2.05) is 0 Å². The zero-order valence-corrected chi connectivity index (χ0v) is 11.1. The van der Waals surface area contributed by atoms with Gasteiger partial charge in [0.25, 0.3) is 0 Å². The topological polar surface area (TPSA) is 26.3 Å². The third-order valence-corrected chi connectivity index (χ3v) is 2.93. The Hall–Kier alpha value is -1.94. The average Bonchev–Trinajstić information content (AvgIpc) is 2.41. The second-order valence-corrected chi connectivity index (χ2v) is 4.54. The van der Waals surface area contributed by atoms with Crippen molar-refractivity contribution in [3.63, 3.8) is 0 Å². The number of Topliss-reactive ketones (excluding diaryl/α,β-unsaturated/α-hetero) is 1. The number of carbonyl (C=O) groups excluding carboxylic acids is 1. The van der Waals surface area contributed by atoms with E-state index < -0.39 is 6.61 Å². The monoisotopic (exact) mass is 296 g/mol. The molecule has 0 fully saturated rings. The highest BCUT2D eigenvalue weighted by Crippen LogP contribution is 2.22. The van der Waals surface area contributed by atoms with Gasteiger partial charge in [-0.2, -0.15) is 8.78 Å². The summed E-state index contributed by atoms with van der Waals surface area (Å²) in [6.07, 6.45) is 0.0980. The molecule has 0 radical (unpaired) electrons. The second-order valence-electron chi connectivity index (χ2n) is 4.10. The van der Waals surface area contributed by atoms with Crippen LogP contribution in [0, 0.1) is 0 Å². The summed E-state index contributed by atoms with van der Waals surface area (Å²) in [7, 11) is 0. The number of ether oxygens (including phenoxy) is 1. The van der Waals surface area contributed by atoms with Crippen LogP contribution < -0.4 is 4.74 Å². The quantitative estimate of drug-likeness (QED) is 0.766. The number of carbonyl (C=O) groups is 1. The molecule has 0 aliphatic carbocycles. The van der Waals surface area contributed by atoms with E-state index in [4.69, 9.17) is 11.6 Å². The van der Waals surface area contributed by atoms with Crippen molar-refractivity contribution in [2.45, 2.75) is 13.0 Å². The zero-order valence-electron chi connectivity index (χ0n) is 10.4. The summed E-state index contributed by atoms with van der Waals surface area (Å²) in [5.74, 6) is -0.398. The molecule has 0 saturated heterocycles. The van der Waals surface area contributed by atoms with Crippen LogP contribution in [0.4, 0.5) is 8.78 Å². The van der Waals surface area contributed by atoms with Crippen LogP contribution in [0.1, 0.15) is 15.9 Å². The van der Waals surface area contributed by atoms with Crippen molar-refractivity contribution in [2.75, 3.05) is 0 Å². The number of benzene rings is 2. The van der Waals surface area contributed by atoms with Gasteiger partial charge in [0, 0.05) is 11.4 Å². The van der Waals surface area contributed by atoms with Gasteiger partial charge in [-0.05, 0) is 29.8 Å². The molecule has 2 rings (SSSR count). The van der Waals surface area contributed by atoms with Crippen molar-refractivity contribution in [3.8, 4) is 5.75 Å². The molecule has 0 saturated carbocycles. The second kappa shape index (κ2) is 6.48. The number of hydrogen-bond donors (Lipinski definition) is 0. The van der Waals surface area contributed by atoms with Crippen LogP contribution in [0.3, 0.4) is 0 Å². The summed E-state index contributed by atoms with van der Waals surface area (Å²) < 4.78 is 28.9. The molecule has 0 amide bonds. The predicted octanol–water partition coefficient (Wildman–Crippen LogP) is 4.37. The van der Waals surface area contributed by atoms with Crippen molar-refractivity contribution in [2.24, 2.45) is 0 Å². The molecule has 0 bridgehead atoms. The molecule has 5 heteroatoms. The van der Waals surface area contributed by atoms with Crippen LogP contribution in [0.2, 0.25) is 5.02 Å². The fourth-order valence-corrected chi connectivity index (χ4v) is 1.90. The number of hydrogen-bond acceptors (Lipinski definition) is 2. The average molecular weight is 297 g/mol. The molecule has 0 atom stereocenters. The fraction of sp³-hybridized carbons (Fsp3) is 0.133. The first kappa shape index (κ1) is 14.5. The largest absolute Gasteiger partial charge is 0.434 e. The van der Waals surface area contributed by atoms with Crippen LogP contribution in [0.25, 0.3) is 0 Å². The van der Waals surface area contributed by atoms with Crippen molar-refractivity contribution in [3.05, 3.63) is 64.7 Å². The molecule has 0 aromatic heterocycles. The normalized spacial score (nSPS) is 10.6. The zero-order chi connectivity index (χ0) is 14.5. The smallest absolute Gasteiger partial charge is 0.387 e. The molecule has 104 valence electrons. The van der Waals surface area contributed by atoms with E-state index in [9.17, 15) is 13.6 Å². The summed E-state index contributed by atoms with van der Waals surface area (Å²) in [6.45, 7) is -2.96. The Morgan fingerprint density at radius 2 is 1.75 bits per heavy atom. The van der Waals surface area contributed by atoms with Gasteiger partial charge in [0.2, 0.25) is 0 Å². The van der Waals surface area contributed by atoms with E-state index in [0.717, 1.165) is 5.56 Å². The van der Waals surface area contributed by atoms with E-state index >= 15 is 0 Å². The summed E-state index contributed by atoms with van der Waals surface area (Å²) in [5, 5.41) is 0.572. The molecule has 0 aliphatic heterocycles. The minimum absolute atomic E-state index is 0.0980. The first-order chi connectivity index (χ1) is 9.56. The van der Waals surface area contributed by atoms with Crippen LogP contribution in [0.5, 0.6) is 5.75 Å². The van der Waals surface area contributed by atoms with Gasteiger partial charge in [0.05, 0.1) is 5.56 Å². The number of para-hydroxylation sites is 1.